The van der Waals surface area contributed by atoms with E-state index in [2.05, 4.69) is 66.8 Å². The van der Waals surface area contributed by atoms with E-state index in [1.807, 2.05) is 30.5 Å². The van der Waals surface area contributed by atoms with Crippen LogP contribution >= 0.6 is 0 Å². The number of aromatic amines is 1. The molecule has 5 aromatic rings. The summed E-state index contributed by atoms with van der Waals surface area (Å²) in [5.41, 5.74) is 4.25. The van der Waals surface area contributed by atoms with Gasteiger partial charge in [-0.15, -0.1) is 0 Å². The molecule has 1 N–H and O–H groups in total. The summed E-state index contributed by atoms with van der Waals surface area (Å²) in [6, 6.07) is 22.6. The van der Waals surface area contributed by atoms with Gasteiger partial charge in [-0.25, -0.2) is 15.0 Å². The van der Waals surface area contributed by atoms with Crippen molar-refractivity contribution in [2.75, 3.05) is 31.1 Å². The smallest absolute Gasteiger partial charge is 0.128 e. The average molecular weight is 424 g/mol. The van der Waals surface area contributed by atoms with Gasteiger partial charge in [-0.05, 0) is 36.4 Å². The SMILES string of the molecule is c1ccc(N2CCN(Cc3nc4ccccc4n3Cc3nc4ccccc4[nH]3)CC2)nc1. The van der Waals surface area contributed by atoms with Crippen molar-refractivity contribution >= 4 is 27.9 Å². The van der Waals surface area contributed by atoms with Gasteiger partial charge in [0.05, 0.1) is 35.2 Å². The Morgan fingerprint density at radius 2 is 1.53 bits per heavy atom. The number of pyridine rings is 1. The highest BCUT2D eigenvalue weighted by molar-refractivity contribution is 5.77. The first kappa shape index (κ1) is 19.0. The third-order valence-electron chi connectivity index (χ3n) is 6.19. The van der Waals surface area contributed by atoms with Crippen molar-refractivity contribution in [3.05, 3.63) is 84.6 Å². The number of nitrogens with one attached hydrogen (secondary N) is 1. The Balaban J connectivity index is 1.24. The molecule has 7 heteroatoms. The van der Waals surface area contributed by atoms with Gasteiger partial charge in [-0.2, -0.15) is 0 Å². The molecule has 160 valence electrons. The van der Waals surface area contributed by atoms with Gasteiger partial charge in [-0.3, -0.25) is 4.90 Å². The van der Waals surface area contributed by atoms with Gasteiger partial charge in [0, 0.05) is 32.4 Å². The predicted molar refractivity (Wildman–Crippen MR) is 127 cm³/mol. The summed E-state index contributed by atoms with van der Waals surface area (Å²) >= 11 is 0. The monoisotopic (exact) mass is 423 g/mol. The second-order valence-corrected chi connectivity index (χ2v) is 8.25. The summed E-state index contributed by atoms with van der Waals surface area (Å²) in [5, 5.41) is 0. The van der Waals surface area contributed by atoms with Crippen LogP contribution in [0.5, 0.6) is 0 Å². The zero-order chi connectivity index (χ0) is 21.3. The van der Waals surface area contributed by atoms with Crippen LogP contribution in [0.2, 0.25) is 0 Å². The third-order valence-corrected chi connectivity index (χ3v) is 6.19. The zero-order valence-corrected chi connectivity index (χ0v) is 17.9. The third kappa shape index (κ3) is 3.61. The van der Waals surface area contributed by atoms with Gasteiger partial charge in [0.25, 0.3) is 0 Å². The lowest BCUT2D eigenvalue weighted by Crippen LogP contribution is -2.46. The quantitative estimate of drug-likeness (QED) is 0.467. The Labute approximate surface area is 186 Å². The second-order valence-electron chi connectivity index (χ2n) is 8.25. The van der Waals surface area contributed by atoms with E-state index < -0.39 is 0 Å². The molecule has 0 spiro atoms. The van der Waals surface area contributed by atoms with E-state index in [9.17, 15) is 0 Å². The number of rotatable bonds is 5. The Morgan fingerprint density at radius 1 is 0.750 bits per heavy atom. The van der Waals surface area contributed by atoms with E-state index in [1.165, 1.54) is 0 Å². The summed E-state index contributed by atoms with van der Waals surface area (Å²) in [5.74, 6) is 3.10. The number of para-hydroxylation sites is 4. The molecule has 1 aliphatic rings. The first-order valence-electron chi connectivity index (χ1n) is 11.1. The maximum absolute atomic E-state index is 4.99. The Kier molecular flexibility index (Phi) is 4.81. The van der Waals surface area contributed by atoms with Crippen LogP contribution in [0.1, 0.15) is 11.6 Å². The molecular formula is C25H25N7. The minimum absolute atomic E-state index is 0.679. The Bertz CT molecular complexity index is 1310. The lowest BCUT2D eigenvalue weighted by molar-refractivity contribution is 0.241. The van der Waals surface area contributed by atoms with Crippen molar-refractivity contribution in [1.82, 2.24) is 29.4 Å². The minimum atomic E-state index is 0.679. The van der Waals surface area contributed by atoms with Crippen LogP contribution < -0.4 is 4.90 Å². The Morgan fingerprint density at radius 3 is 2.34 bits per heavy atom. The number of benzene rings is 2. The number of H-pyrrole nitrogens is 1. The number of piperazine rings is 1. The number of hydrogen-bond donors (Lipinski definition) is 1. The van der Waals surface area contributed by atoms with Crippen molar-refractivity contribution < 1.29 is 0 Å². The molecule has 0 amide bonds. The molecule has 2 aromatic carbocycles. The number of anilines is 1. The molecule has 0 bridgehead atoms. The summed E-state index contributed by atoms with van der Waals surface area (Å²) < 4.78 is 2.30. The molecule has 0 aliphatic carbocycles. The fraction of sp³-hybridized carbons (Fsp3) is 0.240. The van der Waals surface area contributed by atoms with Crippen LogP contribution in [0.3, 0.4) is 0 Å². The van der Waals surface area contributed by atoms with Crippen molar-refractivity contribution in [1.29, 1.82) is 0 Å². The fourth-order valence-corrected chi connectivity index (χ4v) is 4.53. The van der Waals surface area contributed by atoms with Crippen molar-refractivity contribution in [2.24, 2.45) is 0 Å². The first-order chi connectivity index (χ1) is 15.8. The van der Waals surface area contributed by atoms with Gasteiger partial charge >= 0.3 is 0 Å². The summed E-state index contributed by atoms with van der Waals surface area (Å²) in [6.45, 7) is 5.43. The molecule has 0 unspecified atom stereocenters. The maximum Gasteiger partial charge on any atom is 0.128 e. The van der Waals surface area contributed by atoms with Crippen molar-refractivity contribution in [3.63, 3.8) is 0 Å². The molecule has 1 aliphatic heterocycles. The number of hydrogen-bond acceptors (Lipinski definition) is 5. The predicted octanol–water partition coefficient (Wildman–Crippen LogP) is 3.68. The van der Waals surface area contributed by atoms with Crippen LogP contribution in [-0.2, 0) is 13.1 Å². The topological polar surface area (TPSA) is 65.9 Å². The maximum atomic E-state index is 4.99. The lowest BCUT2D eigenvalue weighted by atomic mass is 10.3. The van der Waals surface area contributed by atoms with E-state index in [4.69, 9.17) is 9.97 Å². The van der Waals surface area contributed by atoms with Crippen molar-refractivity contribution in [3.8, 4) is 0 Å². The van der Waals surface area contributed by atoms with Crippen LogP contribution in [0.4, 0.5) is 5.82 Å². The largest absolute Gasteiger partial charge is 0.354 e. The number of fused-ring (bicyclic) bond motifs is 2. The highest BCUT2D eigenvalue weighted by atomic mass is 15.3. The molecule has 0 saturated carbocycles. The first-order valence-corrected chi connectivity index (χ1v) is 11.1. The molecule has 0 atom stereocenters. The fourth-order valence-electron chi connectivity index (χ4n) is 4.53. The summed E-state index contributed by atoms with van der Waals surface area (Å²) in [7, 11) is 0. The number of imidazole rings is 2. The van der Waals surface area contributed by atoms with Gasteiger partial charge in [0.1, 0.15) is 17.5 Å². The summed E-state index contributed by atoms with van der Waals surface area (Å²) in [6.07, 6.45) is 1.86. The van der Waals surface area contributed by atoms with Crippen LogP contribution in [0, 0.1) is 0 Å². The molecule has 4 heterocycles. The average Bonchev–Trinajstić information content (AvgIpc) is 3.41. The van der Waals surface area contributed by atoms with E-state index in [-0.39, 0.29) is 0 Å². The van der Waals surface area contributed by atoms with E-state index in [1.54, 1.807) is 0 Å². The normalized spacial score (nSPS) is 15.1. The molecule has 1 saturated heterocycles. The van der Waals surface area contributed by atoms with Crippen LogP contribution in [0.15, 0.2) is 72.9 Å². The van der Waals surface area contributed by atoms with E-state index in [0.29, 0.717) is 6.54 Å². The van der Waals surface area contributed by atoms with Gasteiger partial charge in [0.2, 0.25) is 0 Å². The van der Waals surface area contributed by atoms with Crippen LogP contribution in [0.25, 0.3) is 22.1 Å². The van der Waals surface area contributed by atoms with Gasteiger partial charge < -0.3 is 14.5 Å². The molecule has 1 fully saturated rings. The Hall–Kier alpha value is -3.71. The van der Waals surface area contributed by atoms with E-state index >= 15 is 0 Å². The highest BCUT2D eigenvalue weighted by Crippen LogP contribution is 2.21. The van der Waals surface area contributed by atoms with Gasteiger partial charge in [0.15, 0.2) is 0 Å². The van der Waals surface area contributed by atoms with Crippen molar-refractivity contribution in [2.45, 2.75) is 13.1 Å². The highest BCUT2D eigenvalue weighted by Gasteiger charge is 2.21. The number of aromatic nitrogens is 5. The standard InChI is InChI=1S/C25H25N7/c1-2-8-20-19(7-1)27-23(28-20)17-32-22-10-4-3-9-21(22)29-25(32)18-30-13-15-31(16-14-30)24-11-5-6-12-26-24/h1-12H,13-18H2,(H,27,28). The second kappa shape index (κ2) is 8.09. The molecule has 3 aromatic heterocycles. The zero-order valence-electron chi connectivity index (χ0n) is 17.9. The summed E-state index contributed by atoms with van der Waals surface area (Å²) in [4.78, 5) is 22.6. The van der Waals surface area contributed by atoms with E-state index in [0.717, 1.165) is 72.3 Å². The molecule has 0 radical (unpaired) electrons. The van der Waals surface area contributed by atoms with Gasteiger partial charge in [-0.1, -0.05) is 30.3 Å². The lowest BCUT2D eigenvalue weighted by Gasteiger charge is -2.35. The molecular weight excluding hydrogens is 398 g/mol. The molecule has 32 heavy (non-hydrogen) atoms. The van der Waals surface area contributed by atoms with Crippen LogP contribution in [-0.4, -0.2) is 55.6 Å². The molecule has 6 rings (SSSR count). The number of nitrogens with zero attached hydrogens (tertiary/aromatic N) is 6. The minimum Gasteiger partial charge on any atom is -0.354 e. The molecule has 7 nitrogen and oxygen atoms in total.